The van der Waals surface area contributed by atoms with Gasteiger partial charge in [0.15, 0.2) is 0 Å². The number of piperazine rings is 1. The van der Waals surface area contributed by atoms with Crippen LogP contribution in [0.15, 0.2) is 42.5 Å². The maximum absolute atomic E-state index is 13.8. The van der Waals surface area contributed by atoms with E-state index in [1.54, 1.807) is 7.05 Å². The number of halogens is 2. The molecule has 3 amide bonds. The number of nitrogens with zero attached hydrogens (tertiary/aromatic N) is 2. The summed E-state index contributed by atoms with van der Waals surface area (Å²) in [5, 5.41) is 16.8. The van der Waals surface area contributed by atoms with Crippen molar-refractivity contribution in [3.8, 4) is 0 Å². The number of rotatable bonds is 12. The topological polar surface area (TPSA) is 102 Å². The van der Waals surface area contributed by atoms with E-state index >= 15 is 0 Å². The van der Waals surface area contributed by atoms with Crippen molar-refractivity contribution in [3.63, 3.8) is 0 Å². The van der Waals surface area contributed by atoms with Gasteiger partial charge in [0, 0.05) is 38.8 Å². The van der Waals surface area contributed by atoms with Gasteiger partial charge in [-0.2, -0.15) is 0 Å². The SMILES string of the molecule is CCc1cccc(CNC[C@@H](O)[C@H](Cc2cc(F)cc(F)c2)NC(=O)CN2C[C@@H](CC)N(C)C(=O)C2=O)c1. The molecular formula is C28H36F2N4O4. The molecule has 0 bridgehead atoms. The zero-order valence-electron chi connectivity index (χ0n) is 22.0. The van der Waals surface area contributed by atoms with Crippen molar-refractivity contribution in [2.45, 2.75) is 57.8 Å². The van der Waals surface area contributed by atoms with Crippen LogP contribution in [0.5, 0.6) is 0 Å². The normalized spacial score (nSPS) is 17.5. The Balaban J connectivity index is 1.68. The highest BCUT2D eigenvalue weighted by molar-refractivity contribution is 6.35. The van der Waals surface area contributed by atoms with Crippen LogP contribution in [-0.2, 0) is 33.8 Å². The Morgan fingerprint density at radius 3 is 2.39 bits per heavy atom. The molecule has 1 saturated heterocycles. The summed E-state index contributed by atoms with van der Waals surface area (Å²) in [4.78, 5) is 40.2. The Morgan fingerprint density at radius 2 is 1.74 bits per heavy atom. The van der Waals surface area contributed by atoms with Gasteiger partial charge in [0.25, 0.3) is 0 Å². The van der Waals surface area contributed by atoms with Gasteiger partial charge < -0.3 is 25.5 Å². The van der Waals surface area contributed by atoms with Crippen molar-refractivity contribution < 1.29 is 28.3 Å². The van der Waals surface area contributed by atoms with Crippen LogP contribution in [0.2, 0.25) is 0 Å². The number of carbonyl (C=O) groups excluding carboxylic acids is 3. The van der Waals surface area contributed by atoms with E-state index in [1.165, 1.54) is 15.4 Å². The van der Waals surface area contributed by atoms with Crippen molar-refractivity contribution in [3.05, 3.63) is 70.8 Å². The lowest BCUT2D eigenvalue weighted by atomic mass is 10.0. The molecule has 0 aromatic heterocycles. The molecule has 38 heavy (non-hydrogen) atoms. The number of amides is 3. The smallest absolute Gasteiger partial charge is 0.312 e. The Kier molecular flexibility index (Phi) is 10.3. The van der Waals surface area contributed by atoms with Crippen LogP contribution in [0.4, 0.5) is 8.78 Å². The van der Waals surface area contributed by atoms with E-state index in [4.69, 9.17) is 0 Å². The van der Waals surface area contributed by atoms with Crippen molar-refractivity contribution >= 4 is 17.7 Å². The number of nitrogens with one attached hydrogen (secondary N) is 2. The number of aliphatic hydroxyl groups excluding tert-OH is 1. The van der Waals surface area contributed by atoms with E-state index in [-0.39, 0.29) is 37.7 Å². The first-order valence-corrected chi connectivity index (χ1v) is 12.9. The summed E-state index contributed by atoms with van der Waals surface area (Å²) in [5.41, 5.74) is 2.48. The summed E-state index contributed by atoms with van der Waals surface area (Å²) in [6.07, 6.45) is 0.372. The highest BCUT2D eigenvalue weighted by Crippen LogP contribution is 2.15. The molecule has 1 aliphatic rings. The van der Waals surface area contributed by atoms with Gasteiger partial charge in [0.2, 0.25) is 5.91 Å². The van der Waals surface area contributed by atoms with Crippen LogP contribution in [-0.4, -0.2) is 77.5 Å². The van der Waals surface area contributed by atoms with Gasteiger partial charge in [0.05, 0.1) is 12.1 Å². The van der Waals surface area contributed by atoms with Crippen LogP contribution >= 0.6 is 0 Å². The van der Waals surface area contributed by atoms with Crippen molar-refractivity contribution in [2.75, 3.05) is 26.7 Å². The monoisotopic (exact) mass is 530 g/mol. The third-order valence-electron chi connectivity index (χ3n) is 6.85. The molecule has 0 spiro atoms. The third-order valence-corrected chi connectivity index (χ3v) is 6.85. The lowest BCUT2D eigenvalue weighted by molar-refractivity contribution is -0.158. The molecule has 1 heterocycles. The lowest BCUT2D eigenvalue weighted by Gasteiger charge is -2.38. The van der Waals surface area contributed by atoms with Gasteiger partial charge in [-0.1, -0.05) is 38.1 Å². The van der Waals surface area contributed by atoms with Crippen LogP contribution in [0.3, 0.4) is 0 Å². The summed E-state index contributed by atoms with van der Waals surface area (Å²) < 4.78 is 27.6. The van der Waals surface area contributed by atoms with Crippen LogP contribution in [0, 0.1) is 11.6 Å². The molecule has 1 fully saturated rings. The molecule has 8 nitrogen and oxygen atoms in total. The highest BCUT2D eigenvalue weighted by Gasteiger charge is 2.37. The van der Waals surface area contributed by atoms with Crippen molar-refractivity contribution in [1.29, 1.82) is 0 Å². The van der Waals surface area contributed by atoms with Crippen LogP contribution in [0.25, 0.3) is 0 Å². The second-order valence-electron chi connectivity index (χ2n) is 9.69. The molecule has 10 heteroatoms. The summed E-state index contributed by atoms with van der Waals surface area (Å²) >= 11 is 0. The van der Waals surface area contributed by atoms with Gasteiger partial charge >= 0.3 is 11.8 Å². The van der Waals surface area contributed by atoms with Gasteiger partial charge in [-0.3, -0.25) is 14.4 Å². The minimum atomic E-state index is -1.10. The Hall–Kier alpha value is -3.37. The van der Waals surface area contributed by atoms with Gasteiger partial charge in [-0.15, -0.1) is 0 Å². The fourth-order valence-electron chi connectivity index (χ4n) is 4.61. The molecule has 3 N–H and O–H groups in total. The zero-order valence-corrected chi connectivity index (χ0v) is 22.0. The maximum Gasteiger partial charge on any atom is 0.312 e. The largest absolute Gasteiger partial charge is 0.390 e. The molecule has 3 rings (SSSR count). The lowest BCUT2D eigenvalue weighted by Crippen LogP contribution is -2.60. The summed E-state index contributed by atoms with van der Waals surface area (Å²) in [7, 11) is 1.56. The van der Waals surface area contributed by atoms with E-state index in [2.05, 4.69) is 23.6 Å². The van der Waals surface area contributed by atoms with E-state index in [1.807, 2.05) is 25.1 Å². The fourth-order valence-corrected chi connectivity index (χ4v) is 4.61. The summed E-state index contributed by atoms with van der Waals surface area (Å²) in [5.74, 6) is -3.56. The molecule has 206 valence electrons. The number of aryl methyl sites for hydroxylation is 1. The first kappa shape index (κ1) is 29.2. The van der Waals surface area contributed by atoms with Crippen molar-refractivity contribution in [1.82, 2.24) is 20.4 Å². The van der Waals surface area contributed by atoms with Gasteiger partial charge in [-0.05, 0) is 48.1 Å². The maximum atomic E-state index is 13.8. The standard InChI is InChI=1S/C28H36F2N4O4/c1-4-18-7-6-8-19(9-18)14-31-15-25(35)24(12-20-10-21(29)13-22(30)11-20)32-26(36)17-34-16-23(5-2)33(3)27(37)28(34)38/h6-11,13,23-25,31,35H,4-5,12,14-17H2,1-3H3,(H,32,36)/t23-,24+,25-/m1/s1. The Labute approximate surface area is 222 Å². The third kappa shape index (κ3) is 7.82. The predicted octanol–water partition coefficient (Wildman–Crippen LogP) is 1.78. The van der Waals surface area contributed by atoms with E-state index < -0.39 is 41.5 Å². The second kappa shape index (κ2) is 13.4. The number of hydrogen-bond donors (Lipinski definition) is 3. The molecule has 1 aliphatic heterocycles. The zero-order chi connectivity index (χ0) is 27.8. The first-order chi connectivity index (χ1) is 18.1. The quantitative estimate of drug-likeness (QED) is 0.363. The average Bonchev–Trinajstić information content (AvgIpc) is 2.88. The number of aliphatic hydroxyl groups is 1. The first-order valence-electron chi connectivity index (χ1n) is 12.9. The predicted molar refractivity (Wildman–Crippen MR) is 139 cm³/mol. The van der Waals surface area contributed by atoms with Crippen LogP contribution < -0.4 is 10.6 Å². The minimum absolute atomic E-state index is 0.0399. The molecule has 3 atom stereocenters. The summed E-state index contributed by atoms with van der Waals surface area (Å²) in [6, 6.07) is 9.94. The van der Waals surface area contributed by atoms with E-state index in [0.717, 1.165) is 30.2 Å². The molecule has 0 radical (unpaired) electrons. The summed E-state index contributed by atoms with van der Waals surface area (Å²) in [6.45, 7) is 4.38. The fraction of sp³-hybridized carbons (Fsp3) is 0.464. The number of benzene rings is 2. The molecule has 0 aliphatic carbocycles. The molecule has 0 unspecified atom stereocenters. The van der Waals surface area contributed by atoms with E-state index in [9.17, 15) is 28.3 Å². The number of likely N-dealkylation sites (N-methyl/N-ethyl adjacent to an activating group) is 1. The molecule has 2 aromatic rings. The minimum Gasteiger partial charge on any atom is -0.390 e. The van der Waals surface area contributed by atoms with Gasteiger partial charge in [0.1, 0.15) is 18.2 Å². The Bertz CT molecular complexity index is 1130. The molecule has 2 aromatic carbocycles. The molecule has 0 saturated carbocycles. The number of hydrogen-bond acceptors (Lipinski definition) is 5. The molecular weight excluding hydrogens is 494 g/mol. The number of carbonyl (C=O) groups is 3. The van der Waals surface area contributed by atoms with Gasteiger partial charge in [-0.25, -0.2) is 8.78 Å². The van der Waals surface area contributed by atoms with Crippen LogP contribution in [0.1, 0.15) is 37.0 Å². The Morgan fingerprint density at radius 1 is 1.05 bits per heavy atom. The second-order valence-corrected chi connectivity index (χ2v) is 9.69. The van der Waals surface area contributed by atoms with E-state index in [0.29, 0.717) is 13.0 Å². The highest BCUT2D eigenvalue weighted by atomic mass is 19.1. The average molecular weight is 531 g/mol. The van der Waals surface area contributed by atoms with Crippen molar-refractivity contribution in [2.24, 2.45) is 0 Å².